The number of amides is 2. The van der Waals surface area contributed by atoms with E-state index in [1.807, 2.05) is 0 Å². The molecule has 0 spiro atoms. The van der Waals surface area contributed by atoms with Crippen molar-refractivity contribution in [3.63, 3.8) is 0 Å². The first-order valence-electron chi connectivity index (χ1n) is 6.15. The van der Waals surface area contributed by atoms with Gasteiger partial charge in [0.15, 0.2) is 0 Å². The largest absolute Gasteiger partial charge is 0.385 e. The molecule has 0 radical (unpaired) electrons. The zero-order chi connectivity index (χ0) is 13.6. The highest BCUT2D eigenvalue weighted by atomic mass is 19.1. The minimum Gasteiger partial charge on any atom is -0.385 e. The molecule has 100 valence electrons. The van der Waals surface area contributed by atoms with E-state index >= 15 is 0 Å². The van der Waals surface area contributed by atoms with Crippen LogP contribution in [0.3, 0.4) is 0 Å². The predicted molar refractivity (Wildman–Crippen MR) is 65.5 cm³/mol. The minimum absolute atomic E-state index is 0.0932. The topological polar surface area (TPSA) is 58.7 Å². The highest BCUT2D eigenvalue weighted by Crippen LogP contribution is 2.35. The lowest BCUT2D eigenvalue weighted by atomic mass is 10.0. The molecule has 1 aromatic carbocycles. The number of benzene rings is 1. The van der Waals surface area contributed by atoms with Crippen molar-refractivity contribution in [1.29, 1.82) is 0 Å². The number of urea groups is 1. The Bertz CT molecular complexity index is 549. The average molecular weight is 265 g/mol. The van der Waals surface area contributed by atoms with E-state index < -0.39 is 23.7 Å². The third kappa shape index (κ3) is 2.30. The summed E-state index contributed by atoms with van der Waals surface area (Å²) in [6.07, 6.45) is 2.13. The lowest BCUT2D eigenvalue weighted by Gasteiger charge is -2.24. The van der Waals surface area contributed by atoms with E-state index in [2.05, 4.69) is 4.99 Å². The van der Waals surface area contributed by atoms with Gasteiger partial charge in [0, 0.05) is 12.6 Å². The van der Waals surface area contributed by atoms with Gasteiger partial charge in [-0.25, -0.2) is 13.6 Å². The fourth-order valence-corrected chi connectivity index (χ4v) is 2.35. The van der Waals surface area contributed by atoms with Crippen molar-refractivity contribution in [3.8, 4) is 0 Å². The van der Waals surface area contributed by atoms with Crippen LogP contribution in [0.4, 0.5) is 13.6 Å². The second-order valence-corrected chi connectivity index (χ2v) is 5.02. The van der Waals surface area contributed by atoms with Crippen molar-refractivity contribution >= 4 is 11.9 Å². The first-order valence-corrected chi connectivity index (χ1v) is 6.15. The van der Waals surface area contributed by atoms with Crippen LogP contribution in [0.25, 0.3) is 0 Å². The smallest absolute Gasteiger partial charge is 0.346 e. The number of nitrogens with two attached hydrogens (primary N) is 1. The SMILES string of the molecule is NC1=NC(=O)N(CC2CC2)C1c1cc(F)cc(F)c1. The maximum absolute atomic E-state index is 13.3. The molecule has 1 aromatic rings. The van der Waals surface area contributed by atoms with Gasteiger partial charge in [-0.05, 0) is 36.5 Å². The van der Waals surface area contributed by atoms with E-state index in [9.17, 15) is 13.6 Å². The van der Waals surface area contributed by atoms with Gasteiger partial charge in [-0.3, -0.25) is 0 Å². The maximum atomic E-state index is 13.3. The van der Waals surface area contributed by atoms with Gasteiger partial charge in [0.2, 0.25) is 0 Å². The van der Waals surface area contributed by atoms with Crippen molar-refractivity contribution in [1.82, 2.24) is 4.90 Å². The summed E-state index contributed by atoms with van der Waals surface area (Å²) in [6.45, 7) is 0.534. The molecule has 1 aliphatic heterocycles. The summed E-state index contributed by atoms with van der Waals surface area (Å²) < 4.78 is 26.6. The van der Waals surface area contributed by atoms with Crippen LogP contribution in [0.15, 0.2) is 23.2 Å². The molecule has 1 unspecified atom stereocenters. The Morgan fingerprint density at radius 3 is 2.47 bits per heavy atom. The standard InChI is InChI=1S/C13H13F2N3O/c14-9-3-8(4-10(15)5-9)11-12(16)17-13(19)18(11)6-7-1-2-7/h3-5,7,11H,1-2,6H2,(H2,16,17,19). The molecule has 2 aliphatic rings. The normalized spacial score (nSPS) is 22.8. The lowest BCUT2D eigenvalue weighted by molar-refractivity contribution is 0.203. The highest BCUT2D eigenvalue weighted by molar-refractivity contribution is 6.03. The molecular formula is C13H13F2N3O. The van der Waals surface area contributed by atoms with Crippen LogP contribution < -0.4 is 5.73 Å². The lowest BCUT2D eigenvalue weighted by Crippen LogP contribution is -2.35. The third-order valence-corrected chi connectivity index (χ3v) is 3.41. The predicted octanol–water partition coefficient (Wildman–Crippen LogP) is 2.21. The maximum Gasteiger partial charge on any atom is 0.346 e. The van der Waals surface area contributed by atoms with E-state index in [-0.39, 0.29) is 5.84 Å². The Morgan fingerprint density at radius 2 is 1.89 bits per heavy atom. The second-order valence-electron chi connectivity index (χ2n) is 5.02. The zero-order valence-corrected chi connectivity index (χ0v) is 10.1. The molecule has 4 nitrogen and oxygen atoms in total. The number of amidine groups is 1. The molecule has 1 heterocycles. The van der Waals surface area contributed by atoms with Gasteiger partial charge in [-0.15, -0.1) is 0 Å². The van der Waals surface area contributed by atoms with E-state index in [4.69, 9.17) is 5.73 Å². The summed E-state index contributed by atoms with van der Waals surface area (Å²) in [5.41, 5.74) is 6.06. The van der Waals surface area contributed by atoms with Crippen LogP contribution in [0, 0.1) is 17.6 Å². The molecule has 2 N–H and O–H groups in total. The number of nitrogens with zero attached hydrogens (tertiary/aromatic N) is 2. The summed E-state index contributed by atoms with van der Waals surface area (Å²) in [5, 5.41) is 0. The molecule has 1 fully saturated rings. The van der Waals surface area contributed by atoms with Crippen molar-refractivity contribution in [3.05, 3.63) is 35.4 Å². The number of hydrogen-bond acceptors (Lipinski definition) is 2. The Hall–Kier alpha value is -1.98. The van der Waals surface area contributed by atoms with Crippen LogP contribution in [0.1, 0.15) is 24.4 Å². The number of aliphatic imine (C=N–C) groups is 1. The quantitative estimate of drug-likeness (QED) is 0.910. The molecule has 1 atom stereocenters. The van der Waals surface area contributed by atoms with Crippen molar-refractivity contribution in [2.75, 3.05) is 6.54 Å². The van der Waals surface area contributed by atoms with E-state index in [1.54, 1.807) is 0 Å². The summed E-state index contributed by atoms with van der Waals surface area (Å²) in [6, 6.07) is 2.08. The van der Waals surface area contributed by atoms with Gasteiger partial charge in [0.25, 0.3) is 0 Å². The Kier molecular flexibility index (Phi) is 2.73. The van der Waals surface area contributed by atoms with Gasteiger partial charge < -0.3 is 10.6 Å². The number of hydrogen-bond donors (Lipinski definition) is 1. The number of halogens is 2. The van der Waals surface area contributed by atoms with E-state index in [0.29, 0.717) is 18.0 Å². The average Bonchev–Trinajstić information content (AvgIpc) is 3.05. The van der Waals surface area contributed by atoms with Gasteiger partial charge >= 0.3 is 6.03 Å². The van der Waals surface area contributed by atoms with Gasteiger partial charge in [0.1, 0.15) is 23.5 Å². The first-order chi connectivity index (χ1) is 9.04. The van der Waals surface area contributed by atoms with E-state index in [0.717, 1.165) is 18.9 Å². The number of carbonyl (C=O) groups excluding carboxylic acids is 1. The van der Waals surface area contributed by atoms with Crippen molar-refractivity contribution < 1.29 is 13.6 Å². The van der Waals surface area contributed by atoms with Crippen LogP contribution in [-0.2, 0) is 0 Å². The summed E-state index contributed by atoms with van der Waals surface area (Å²) >= 11 is 0. The van der Waals surface area contributed by atoms with Gasteiger partial charge in [-0.1, -0.05) is 0 Å². The minimum atomic E-state index is -0.687. The van der Waals surface area contributed by atoms with Gasteiger partial charge in [0.05, 0.1) is 0 Å². The summed E-state index contributed by atoms with van der Waals surface area (Å²) in [4.78, 5) is 17.0. The molecule has 19 heavy (non-hydrogen) atoms. The van der Waals surface area contributed by atoms with Gasteiger partial charge in [-0.2, -0.15) is 4.99 Å². The molecule has 0 bridgehead atoms. The van der Waals surface area contributed by atoms with Crippen LogP contribution in [0.2, 0.25) is 0 Å². The van der Waals surface area contributed by atoms with Crippen molar-refractivity contribution in [2.45, 2.75) is 18.9 Å². The molecule has 0 aromatic heterocycles. The fourth-order valence-electron chi connectivity index (χ4n) is 2.35. The Balaban J connectivity index is 1.94. The van der Waals surface area contributed by atoms with Crippen LogP contribution in [-0.4, -0.2) is 23.3 Å². The molecule has 1 aliphatic carbocycles. The second kappa shape index (κ2) is 4.29. The Labute approximate surface area is 108 Å². The van der Waals surface area contributed by atoms with Crippen LogP contribution >= 0.6 is 0 Å². The Morgan fingerprint density at radius 1 is 1.26 bits per heavy atom. The monoisotopic (exact) mass is 265 g/mol. The third-order valence-electron chi connectivity index (χ3n) is 3.41. The molecule has 0 saturated heterocycles. The highest BCUT2D eigenvalue weighted by Gasteiger charge is 2.38. The zero-order valence-electron chi connectivity index (χ0n) is 10.1. The molecule has 1 saturated carbocycles. The fraction of sp³-hybridized carbons (Fsp3) is 0.385. The molecule has 6 heteroatoms. The summed E-state index contributed by atoms with van der Waals surface area (Å²) in [7, 11) is 0. The number of rotatable bonds is 3. The van der Waals surface area contributed by atoms with Crippen LogP contribution in [0.5, 0.6) is 0 Å². The first kappa shape index (κ1) is 12.1. The molecule has 3 rings (SSSR count). The number of carbonyl (C=O) groups is 1. The summed E-state index contributed by atoms with van der Waals surface area (Å²) in [5.74, 6) is -0.830. The van der Waals surface area contributed by atoms with Crippen molar-refractivity contribution in [2.24, 2.45) is 16.6 Å². The molecular weight excluding hydrogens is 252 g/mol. The molecule has 2 amide bonds. The van der Waals surface area contributed by atoms with E-state index in [1.165, 1.54) is 17.0 Å².